The number of nitrogens with zero attached hydrogens (tertiary/aromatic N) is 1. The molecule has 0 radical (unpaired) electrons. The zero-order valence-electron chi connectivity index (χ0n) is 9.91. The predicted molar refractivity (Wildman–Crippen MR) is 69.0 cm³/mol. The number of hydrogen-bond donors (Lipinski definition) is 1. The molecule has 2 heterocycles. The molecule has 1 atom stereocenters. The van der Waals surface area contributed by atoms with Crippen LogP contribution in [0.3, 0.4) is 0 Å². The molecule has 17 heavy (non-hydrogen) atoms. The Bertz CT molecular complexity index is 392. The third kappa shape index (κ3) is 3.57. The van der Waals surface area contributed by atoms with Gasteiger partial charge >= 0.3 is 0 Å². The lowest BCUT2D eigenvalue weighted by molar-refractivity contribution is 0.0908. The van der Waals surface area contributed by atoms with E-state index in [1.54, 1.807) is 12.1 Å². The van der Waals surface area contributed by atoms with Crippen molar-refractivity contribution in [3.05, 3.63) is 22.6 Å². The van der Waals surface area contributed by atoms with Crippen molar-refractivity contribution < 1.29 is 9.21 Å². The summed E-state index contributed by atoms with van der Waals surface area (Å²) in [6.07, 6.45) is 2.40. The fourth-order valence-electron chi connectivity index (χ4n) is 2.20. The van der Waals surface area contributed by atoms with Crippen LogP contribution < -0.4 is 5.32 Å². The number of rotatable bonds is 3. The van der Waals surface area contributed by atoms with E-state index in [2.05, 4.69) is 33.2 Å². The summed E-state index contributed by atoms with van der Waals surface area (Å²) >= 11 is 3.18. The Morgan fingerprint density at radius 3 is 3.12 bits per heavy atom. The number of likely N-dealkylation sites (tertiary alicyclic amines) is 1. The van der Waals surface area contributed by atoms with Gasteiger partial charge in [0.05, 0.1) is 0 Å². The van der Waals surface area contributed by atoms with E-state index in [1.807, 2.05) is 0 Å². The monoisotopic (exact) mass is 300 g/mol. The molecule has 1 aromatic heterocycles. The van der Waals surface area contributed by atoms with Gasteiger partial charge in [0, 0.05) is 13.1 Å². The lowest BCUT2D eigenvalue weighted by Crippen LogP contribution is -2.39. The number of carbonyl (C=O) groups excluding carboxylic acids is 1. The lowest BCUT2D eigenvalue weighted by atomic mass is 9.98. The van der Waals surface area contributed by atoms with Gasteiger partial charge < -0.3 is 14.6 Å². The first-order valence-electron chi connectivity index (χ1n) is 5.87. The lowest BCUT2D eigenvalue weighted by Gasteiger charge is -2.29. The van der Waals surface area contributed by atoms with Crippen LogP contribution in [0.25, 0.3) is 0 Å². The van der Waals surface area contributed by atoms with Gasteiger partial charge in [0.1, 0.15) is 0 Å². The van der Waals surface area contributed by atoms with Crippen LogP contribution in [-0.2, 0) is 0 Å². The highest BCUT2D eigenvalue weighted by Crippen LogP contribution is 2.16. The van der Waals surface area contributed by atoms with E-state index < -0.39 is 0 Å². The van der Waals surface area contributed by atoms with E-state index in [1.165, 1.54) is 12.8 Å². The highest BCUT2D eigenvalue weighted by molar-refractivity contribution is 9.10. The number of nitrogens with one attached hydrogen (secondary N) is 1. The molecule has 2 rings (SSSR count). The Labute approximate surface area is 109 Å². The highest BCUT2D eigenvalue weighted by Gasteiger charge is 2.18. The Morgan fingerprint density at radius 1 is 1.65 bits per heavy atom. The number of hydrogen-bond acceptors (Lipinski definition) is 3. The summed E-state index contributed by atoms with van der Waals surface area (Å²) in [6, 6.07) is 3.40. The summed E-state index contributed by atoms with van der Waals surface area (Å²) in [7, 11) is 2.12. The first-order valence-corrected chi connectivity index (χ1v) is 6.66. The summed E-state index contributed by atoms with van der Waals surface area (Å²) in [6.45, 7) is 2.94. The molecule has 4 nitrogen and oxygen atoms in total. The van der Waals surface area contributed by atoms with E-state index in [0.29, 0.717) is 16.3 Å². The molecule has 0 saturated carbocycles. The average molecular weight is 301 g/mol. The number of amides is 1. The fraction of sp³-hybridized carbons (Fsp3) is 0.583. The normalized spacial score (nSPS) is 21.4. The first kappa shape index (κ1) is 12.6. The standard InChI is InChI=1S/C12H17BrN2O2/c1-15-6-2-3-9(8-15)7-14-12(16)10-4-5-11(13)17-10/h4-5,9H,2-3,6-8H2,1H3,(H,14,16). The van der Waals surface area contributed by atoms with Crippen molar-refractivity contribution in [2.75, 3.05) is 26.7 Å². The van der Waals surface area contributed by atoms with Gasteiger partial charge in [-0.3, -0.25) is 4.79 Å². The van der Waals surface area contributed by atoms with Crippen LogP contribution in [0, 0.1) is 5.92 Å². The van der Waals surface area contributed by atoms with Crippen LogP contribution in [0.2, 0.25) is 0 Å². The molecule has 1 saturated heterocycles. The highest BCUT2D eigenvalue weighted by atomic mass is 79.9. The minimum atomic E-state index is -0.135. The maximum Gasteiger partial charge on any atom is 0.287 e. The van der Waals surface area contributed by atoms with Gasteiger partial charge in [0.2, 0.25) is 0 Å². The molecule has 0 spiro atoms. The van der Waals surface area contributed by atoms with Gasteiger partial charge in [-0.25, -0.2) is 0 Å². The second kappa shape index (κ2) is 5.69. The molecule has 94 valence electrons. The second-order valence-corrected chi connectivity index (χ2v) is 5.37. The molecule has 1 amide bonds. The van der Waals surface area contributed by atoms with Crippen LogP contribution in [0.1, 0.15) is 23.4 Å². The van der Waals surface area contributed by atoms with E-state index >= 15 is 0 Å². The zero-order chi connectivity index (χ0) is 12.3. The van der Waals surface area contributed by atoms with Gasteiger partial charge in [0.15, 0.2) is 10.4 Å². The summed E-state index contributed by atoms with van der Waals surface area (Å²) < 4.78 is 5.78. The molecule has 1 aromatic rings. The van der Waals surface area contributed by atoms with Crippen molar-refractivity contribution >= 4 is 21.8 Å². The third-order valence-corrected chi connectivity index (χ3v) is 3.50. The van der Waals surface area contributed by atoms with Crippen LogP contribution in [0.15, 0.2) is 21.2 Å². The quantitative estimate of drug-likeness (QED) is 0.930. The van der Waals surface area contributed by atoms with Gasteiger partial charge in [-0.05, 0) is 60.4 Å². The van der Waals surface area contributed by atoms with E-state index in [9.17, 15) is 4.79 Å². The summed E-state index contributed by atoms with van der Waals surface area (Å²) in [4.78, 5) is 14.1. The van der Waals surface area contributed by atoms with Crippen LogP contribution in [0.5, 0.6) is 0 Å². The molecule has 1 unspecified atom stereocenters. The van der Waals surface area contributed by atoms with Crippen LogP contribution in [0.4, 0.5) is 0 Å². The second-order valence-electron chi connectivity index (χ2n) is 4.58. The van der Waals surface area contributed by atoms with Crippen molar-refractivity contribution in [1.29, 1.82) is 0 Å². The molecular formula is C12H17BrN2O2. The summed E-state index contributed by atoms with van der Waals surface area (Å²) in [5.74, 6) is 0.779. The number of piperidine rings is 1. The average Bonchev–Trinajstić information content (AvgIpc) is 2.73. The number of furan rings is 1. The first-order chi connectivity index (χ1) is 8.15. The predicted octanol–water partition coefficient (Wildman–Crippen LogP) is 2.11. The van der Waals surface area contributed by atoms with Crippen molar-refractivity contribution in [2.45, 2.75) is 12.8 Å². The molecule has 0 aliphatic carbocycles. The molecule has 5 heteroatoms. The van der Waals surface area contributed by atoms with Crippen molar-refractivity contribution in [1.82, 2.24) is 10.2 Å². The fourth-order valence-corrected chi connectivity index (χ4v) is 2.51. The minimum absolute atomic E-state index is 0.135. The smallest absolute Gasteiger partial charge is 0.287 e. The van der Waals surface area contributed by atoms with Crippen molar-refractivity contribution in [2.24, 2.45) is 5.92 Å². The number of carbonyl (C=O) groups is 1. The van der Waals surface area contributed by atoms with Gasteiger partial charge in [-0.2, -0.15) is 0 Å². The van der Waals surface area contributed by atoms with Gasteiger partial charge in [-0.1, -0.05) is 0 Å². The van der Waals surface area contributed by atoms with Gasteiger partial charge in [0.25, 0.3) is 5.91 Å². The largest absolute Gasteiger partial charge is 0.444 e. The SMILES string of the molecule is CN1CCCC(CNC(=O)c2ccc(Br)o2)C1. The summed E-state index contributed by atoms with van der Waals surface area (Å²) in [5.41, 5.74) is 0. The van der Waals surface area contributed by atoms with Gasteiger partial charge in [-0.15, -0.1) is 0 Å². The zero-order valence-corrected chi connectivity index (χ0v) is 11.5. The Morgan fingerprint density at radius 2 is 2.47 bits per heavy atom. The third-order valence-electron chi connectivity index (χ3n) is 3.07. The van der Waals surface area contributed by atoms with Crippen LogP contribution >= 0.6 is 15.9 Å². The number of halogens is 1. The van der Waals surface area contributed by atoms with Crippen LogP contribution in [-0.4, -0.2) is 37.5 Å². The van der Waals surface area contributed by atoms with Crippen molar-refractivity contribution in [3.63, 3.8) is 0 Å². The minimum Gasteiger partial charge on any atom is -0.444 e. The molecule has 1 N–H and O–H groups in total. The molecule has 0 bridgehead atoms. The summed E-state index contributed by atoms with van der Waals surface area (Å²) in [5, 5.41) is 2.92. The Kier molecular flexibility index (Phi) is 4.23. The van der Waals surface area contributed by atoms with E-state index in [4.69, 9.17) is 4.42 Å². The molecular weight excluding hydrogens is 284 g/mol. The van der Waals surface area contributed by atoms with E-state index in [0.717, 1.165) is 19.6 Å². The Hall–Kier alpha value is -0.810. The maximum atomic E-state index is 11.7. The van der Waals surface area contributed by atoms with Crippen molar-refractivity contribution in [3.8, 4) is 0 Å². The molecule has 1 aliphatic heterocycles. The van der Waals surface area contributed by atoms with E-state index in [-0.39, 0.29) is 5.91 Å². The molecule has 1 aliphatic rings. The molecule has 1 fully saturated rings. The maximum absolute atomic E-state index is 11.7. The Balaban J connectivity index is 1.80. The molecule has 0 aromatic carbocycles. The topological polar surface area (TPSA) is 45.5 Å².